The third-order valence-electron chi connectivity index (χ3n) is 16.6. The van der Waals surface area contributed by atoms with Crippen molar-refractivity contribution in [3.63, 3.8) is 0 Å². The fourth-order valence-corrected chi connectivity index (χ4v) is 11.2. The molecule has 0 saturated carbocycles. The number of hydrogen-bond donors (Lipinski definition) is 3. The zero-order valence-electron chi connectivity index (χ0n) is 51.8. The molecule has 6 nitrogen and oxygen atoms in total. The highest BCUT2D eigenvalue weighted by molar-refractivity contribution is 5.76. The summed E-state index contributed by atoms with van der Waals surface area (Å²) in [5.41, 5.74) is 0. The van der Waals surface area contributed by atoms with Crippen molar-refractivity contribution < 1.29 is 24.5 Å². The van der Waals surface area contributed by atoms with Crippen LogP contribution in [0.15, 0.2) is 12.2 Å². The summed E-state index contributed by atoms with van der Waals surface area (Å²) in [6.45, 7) is 4.96. The van der Waals surface area contributed by atoms with Crippen LogP contribution in [0.25, 0.3) is 0 Å². The largest absolute Gasteiger partial charge is 0.466 e. The Balaban J connectivity index is 3.27. The second-order valence-electron chi connectivity index (χ2n) is 24.2. The molecule has 2 atom stereocenters. The topological polar surface area (TPSA) is 95.9 Å². The van der Waals surface area contributed by atoms with Crippen molar-refractivity contribution in [3.05, 3.63) is 12.2 Å². The maximum atomic E-state index is 12.4. The van der Waals surface area contributed by atoms with Crippen LogP contribution >= 0.6 is 0 Å². The number of ether oxygens (including phenoxy) is 1. The normalized spacial score (nSPS) is 12.5. The predicted octanol–water partition coefficient (Wildman–Crippen LogP) is 22.4. The SMILES string of the molecule is CCCCCCCC/C=C\CCCCCCCCCC(=O)OCCCCCCCCCCCCCCCCCCCCCCCCCCCCCCCCCCCC(=O)NC(CO)C(O)CCCCCCCCCCC. The van der Waals surface area contributed by atoms with E-state index in [1.165, 1.54) is 327 Å². The van der Waals surface area contributed by atoms with Gasteiger partial charge in [0, 0.05) is 12.8 Å². The lowest BCUT2D eigenvalue weighted by molar-refractivity contribution is -0.143. The van der Waals surface area contributed by atoms with Crippen molar-refractivity contribution in [1.82, 2.24) is 5.32 Å². The van der Waals surface area contributed by atoms with Crippen LogP contribution in [0.4, 0.5) is 0 Å². The van der Waals surface area contributed by atoms with Crippen LogP contribution in [0.5, 0.6) is 0 Å². The molecule has 1 amide bonds. The van der Waals surface area contributed by atoms with Crippen molar-refractivity contribution in [2.24, 2.45) is 0 Å². The Morgan fingerprint density at radius 3 is 0.934 bits per heavy atom. The number of aliphatic hydroxyl groups is 2. The number of hydrogen-bond acceptors (Lipinski definition) is 5. The van der Waals surface area contributed by atoms with E-state index < -0.39 is 12.1 Å². The lowest BCUT2D eigenvalue weighted by atomic mass is 10.0. The van der Waals surface area contributed by atoms with Crippen molar-refractivity contribution >= 4 is 11.9 Å². The van der Waals surface area contributed by atoms with Gasteiger partial charge >= 0.3 is 5.97 Å². The summed E-state index contributed by atoms with van der Waals surface area (Å²) in [6.07, 6.45) is 81.4. The van der Waals surface area contributed by atoms with E-state index in [1.54, 1.807) is 0 Å². The summed E-state index contributed by atoms with van der Waals surface area (Å²) >= 11 is 0. The highest BCUT2D eigenvalue weighted by Gasteiger charge is 2.20. The molecule has 0 aromatic rings. The van der Waals surface area contributed by atoms with Crippen LogP contribution in [-0.4, -0.2) is 47.4 Å². The molecule has 452 valence electrons. The molecular weight excluding hydrogens is 935 g/mol. The van der Waals surface area contributed by atoms with Gasteiger partial charge in [-0.05, 0) is 51.4 Å². The standard InChI is InChI=1S/C70H137NO5/c1-3-5-7-9-11-13-14-15-16-34-38-41-44-48-52-56-60-64-70(75)76-65-61-57-53-49-45-42-39-36-33-31-29-27-25-23-21-19-17-18-20-22-24-26-28-30-32-35-37-40-43-47-51-55-59-63-69(74)71-67(66-72)68(73)62-58-54-50-46-12-10-8-6-4-2/h15-16,67-68,72-73H,3-14,17-66H2,1-2H3,(H,71,74)/b16-15-. The molecule has 0 heterocycles. The van der Waals surface area contributed by atoms with Crippen LogP contribution < -0.4 is 5.32 Å². The minimum absolute atomic E-state index is 0.0191. The Labute approximate surface area is 476 Å². The Kier molecular flexibility index (Phi) is 64.9. The number of allylic oxidation sites excluding steroid dienone is 2. The fourth-order valence-electron chi connectivity index (χ4n) is 11.2. The van der Waals surface area contributed by atoms with Gasteiger partial charge in [0.15, 0.2) is 0 Å². The average molecular weight is 1070 g/mol. The Bertz CT molecular complexity index is 1140. The van der Waals surface area contributed by atoms with Gasteiger partial charge in [-0.2, -0.15) is 0 Å². The molecule has 0 rings (SSSR count). The number of carbonyl (C=O) groups excluding carboxylic acids is 2. The maximum absolute atomic E-state index is 12.4. The minimum atomic E-state index is -0.657. The molecule has 0 fully saturated rings. The van der Waals surface area contributed by atoms with Crippen LogP contribution in [0.2, 0.25) is 0 Å². The van der Waals surface area contributed by atoms with Crippen molar-refractivity contribution in [3.8, 4) is 0 Å². The first-order valence-corrected chi connectivity index (χ1v) is 34.9. The minimum Gasteiger partial charge on any atom is -0.466 e. The van der Waals surface area contributed by atoms with E-state index in [1.807, 2.05) is 0 Å². The summed E-state index contributed by atoms with van der Waals surface area (Å²) in [7, 11) is 0. The highest BCUT2D eigenvalue weighted by atomic mass is 16.5. The number of carbonyl (C=O) groups is 2. The molecule has 0 aromatic heterocycles. The summed E-state index contributed by atoms with van der Waals surface area (Å²) in [5.74, 6) is -0.0115. The van der Waals surface area contributed by atoms with Gasteiger partial charge in [0.05, 0.1) is 25.4 Å². The van der Waals surface area contributed by atoms with Gasteiger partial charge in [-0.25, -0.2) is 0 Å². The number of rotatable bonds is 66. The van der Waals surface area contributed by atoms with E-state index in [0.717, 1.165) is 38.5 Å². The summed E-state index contributed by atoms with van der Waals surface area (Å²) in [4.78, 5) is 24.5. The molecule has 0 bridgehead atoms. The maximum Gasteiger partial charge on any atom is 0.305 e. The van der Waals surface area contributed by atoms with Crippen LogP contribution in [-0.2, 0) is 14.3 Å². The van der Waals surface area contributed by atoms with E-state index in [-0.39, 0.29) is 18.5 Å². The van der Waals surface area contributed by atoms with E-state index in [4.69, 9.17) is 4.74 Å². The monoisotopic (exact) mass is 1070 g/mol. The number of amides is 1. The van der Waals surface area contributed by atoms with Crippen molar-refractivity contribution in [1.29, 1.82) is 0 Å². The quantitative estimate of drug-likeness (QED) is 0.0320. The molecule has 0 spiro atoms. The molecule has 0 aliphatic carbocycles. The Hall–Kier alpha value is -1.40. The average Bonchev–Trinajstić information content (AvgIpc) is 3.42. The molecular formula is C70H137NO5. The smallest absolute Gasteiger partial charge is 0.305 e. The first kappa shape index (κ1) is 74.6. The van der Waals surface area contributed by atoms with Crippen molar-refractivity contribution in [2.45, 2.75) is 411 Å². The molecule has 0 aliphatic heterocycles. The Morgan fingerprint density at radius 2 is 0.618 bits per heavy atom. The molecule has 0 aromatic carbocycles. The van der Waals surface area contributed by atoms with Gasteiger partial charge in [-0.1, -0.05) is 347 Å². The molecule has 76 heavy (non-hydrogen) atoms. The van der Waals surface area contributed by atoms with Crippen LogP contribution in [0, 0.1) is 0 Å². The molecule has 0 aliphatic rings. The fraction of sp³-hybridized carbons (Fsp3) is 0.943. The van der Waals surface area contributed by atoms with Crippen LogP contribution in [0.1, 0.15) is 399 Å². The van der Waals surface area contributed by atoms with E-state index in [2.05, 4.69) is 31.3 Å². The van der Waals surface area contributed by atoms with Gasteiger partial charge in [0.1, 0.15) is 0 Å². The number of aliphatic hydroxyl groups excluding tert-OH is 2. The molecule has 0 radical (unpaired) electrons. The zero-order valence-corrected chi connectivity index (χ0v) is 51.8. The molecule has 3 N–H and O–H groups in total. The van der Waals surface area contributed by atoms with Gasteiger partial charge in [0.2, 0.25) is 5.91 Å². The zero-order chi connectivity index (χ0) is 55.0. The molecule has 0 saturated heterocycles. The number of nitrogens with one attached hydrogen (secondary N) is 1. The summed E-state index contributed by atoms with van der Waals surface area (Å²) < 4.78 is 5.50. The Morgan fingerprint density at radius 1 is 0.355 bits per heavy atom. The first-order valence-electron chi connectivity index (χ1n) is 34.9. The van der Waals surface area contributed by atoms with Crippen molar-refractivity contribution in [2.75, 3.05) is 13.2 Å². The van der Waals surface area contributed by atoms with Gasteiger partial charge < -0.3 is 20.3 Å². The van der Waals surface area contributed by atoms with Crippen LogP contribution in [0.3, 0.4) is 0 Å². The van der Waals surface area contributed by atoms with E-state index in [9.17, 15) is 19.8 Å². The van der Waals surface area contributed by atoms with Gasteiger partial charge in [-0.3, -0.25) is 9.59 Å². The lowest BCUT2D eigenvalue weighted by Crippen LogP contribution is -2.45. The van der Waals surface area contributed by atoms with Gasteiger partial charge in [-0.15, -0.1) is 0 Å². The lowest BCUT2D eigenvalue weighted by Gasteiger charge is -2.22. The second kappa shape index (κ2) is 66.1. The third kappa shape index (κ3) is 61.8. The third-order valence-corrected chi connectivity index (χ3v) is 16.6. The molecule has 2 unspecified atom stereocenters. The predicted molar refractivity (Wildman–Crippen MR) is 333 cm³/mol. The molecule has 6 heteroatoms. The second-order valence-corrected chi connectivity index (χ2v) is 24.2. The summed E-state index contributed by atoms with van der Waals surface area (Å²) in [5, 5.41) is 23.1. The number of esters is 1. The highest BCUT2D eigenvalue weighted by Crippen LogP contribution is 2.19. The first-order chi connectivity index (χ1) is 37.5. The summed E-state index contributed by atoms with van der Waals surface area (Å²) in [6, 6.07) is -0.535. The number of unbranched alkanes of at least 4 members (excludes halogenated alkanes) is 53. The van der Waals surface area contributed by atoms with Gasteiger partial charge in [0.25, 0.3) is 0 Å². The van der Waals surface area contributed by atoms with E-state index >= 15 is 0 Å². The van der Waals surface area contributed by atoms with E-state index in [0.29, 0.717) is 25.9 Å².